The van der Waals surface area contributed by atoms with Crippen molar-refractivity contribution in [3.05, 3.63) is 54.6 Å². The predicted molar refractivity (Wildman–Crippen MR) is 70.1 cm³/mol. The van der Waals surface area contributed by atoms with Gasteiger partial charge in [0, 0.05) is 6.42 Å². The lowest BCUT2D eigenvalue weighted by Crippen LogP contribution is -2.35. The van der Waals surface area contributed by atoms with Crippen molar-refractivity contribution in [2.24, 2.45) is 0 Å². The number of nitrogens with two attached hydrogens (primary N) is 1. The Morgan fingerprint density at radius 1 is 1.29 bits per heavy atom. The van der Waals surface area contributed by atoms with Crippen molar-refractivity contribution in [3.63, 3.8) is 0 Å². The van der Waals surface area contributed by atoms with Gasteiger partial charge in [0.2, 0.25) is 0 Å². The summed E-state index contributed by atoms with van der Waals surface area (Å²) in [6.07, 6.45) is 6.93. The molecule has 84 valence electrons. The molecule has 0 saturated carbocycles. The predicted octanol–water partition coefficient (Wildman–Crippen LogP) is 2.39. The third kappa shape index (κ3) is 1.56. The molecule has 0 spiro atoms. The molecule has 1 heterocycles. The van der Waals surface area contributed by atoms with Gasteiger partial charge >= 0.3 is 5.95 Å². The van der Waals surface area contributed by atoms with Crippen molar-refractivity contribution in [1.82, 2.24) is 4.98 Å². The van der Waals surface area contributed by atoms with E-state index in [2.05, 4.69) is 23.7 Å². The van der Waals surface area contributed by atoms with Gasteiger partial charge in [-0.2, -0.15) is 4.57 Å². The first kappa shape index (κ1) is 9.90. The summed E-state index contributed by atoms with van der Waals surface area (Å²) in [5.74, 6) is 0.653. The van der Waals surface area contributed by atoms with E-state index in [0.29, 0.717) is 5.95 Å². The summed E-state index contributed by atoms with van der Waals surface area (Å²) in [6, 6.07) is 8.09. The van der Waals surface area contributed by atoms with E-state index in [1.54, 1.807) is 0 Å². The molecule has 3 N–H and O–H groups in total. The lowest BCUT2D eigenvalue weighted by molar-refractivity contribution is -0.537. The number of allylic oxidation sites excluding steroid dienone is 5. The highest BCUT2D eigenvalue weighted by atomic mass is 15.2. The number of imidazole rings is 1. The molecule has 0 saturated heterocycles. The zero-order chi connectivity index (χ0) is 11.8. The number of hydrogen-bond acceptors (Lipinski definition) is 1. The topological polar surface area (TPSA) is 45.7 Å². The van der Waals surface area contributed by atoms with Crippen LogP contribution >= 0.6 is 0 Å². The van der Waals surface area contributed by atoms with Gasteiger partial charge in [0.25, 0.3) is 0 Å². The van der Waals surface area contributed by atoms with Crippen molar-refractivity contribution in [2.75, 3.05) is 5.73 Å². The number of aromatic nitrogens is 2. The smallest absolute Gasteiger partial charge is 0.290 e. The standard InChI is InChI=1S/C14H13N3/c1-10-5-4-6-11(9-10)17-13-8-3-2-7-12(13)16-14(17)15/h2-8H,1,9H2,(H2,15,16)/p+1. The van der Waals surface area contributed by atoms with E-state index < -0.39 is 0 Å². The number of hydrogen-bond donors (Lipinski definition) is 2. The van der Waals surface area contributed by atoms with Crippen LogP contribution in [0.1, 0.15) is 6.42 Å². The molecular formula is C14H14N3+. The van der Waals surface area contributed by atoms with E-state index in [4.69, 9.17) is 5.73 Å². The Balaban J connectivity index is 2.23. The van der Waals surface area contributed by atoms with Crippen molar-refractivity contribution in [1.29, 1.82) is 0 Å². The number of rotatable bonds is 1. The normalized spacial score (nSPS) is 15.3. The molecule has 0 aliphatic heterocycles. The Morgan fingerprint density at radius 2 is 2.12 bits per heavy atom. The number of nitrogen functional groups attached to an aromatic ring is 1. The zero-order valence-corrected chi connectivity index (χ0v) is 9.48. The molecule has 1 aromatic carbocycles. The molecule has 0 fully saturated rings. The first-order chi connectivity index (χ1) is 8.25. The third-order valence-electron chi connectivity index (χ3n) is 2.96. The molecule has 2 aromatic rings. The monoisotopic (exact) mass is 224 g/mol. The maximum atomic E-state index is 6.04. The lowest BCUT2D eigenvalue weighted by atomic mass is 10.1. The molecule has 0 atom stereocenters. The summed E-state index contributed by atoms with van der Waals surface area (Å²) in [7, 11) is 0. The van der Waals surface area contributed by atoms with Gasteiger partial charge in [-0.1, -0.05) is 30.9 Å². The molecule has 3 heteroatoms. The molecule has 0 amide bonds. The van der Waals surface area contributed by atoms with Gasteiger partial charge in [-0.3, -0.25) is 5.73 Å². The van der Waals surface area contributed by atoms with E-state index in [0.717, 1.165) is 28.7 Å². The van der Waals surface area contributed by atoms with Gasteiger partial charge in [-0.25, -0.2) is 4.98 Å². The molecule has 3 rings (SSSR count). The van der Waals surface area contributed by atoms with Crippen LogP contribution in [0.25, 0.3) is 16.7 Å². The van der Waals surface area contributed by atoms with Crippen molar-refractivity contribution >= 4 is 22.7 Å². The first-order valence-electron chi connectivity index (χ1n) is 5.59. The summed E-state index contributed by atoms with van der Waals surface area (Å²) in [5, 5.41) is 0. The minimum absolute atomic E-state index is 0.653. The van der Waals surface area contributed by atoms with E-state index >= 15 is 0 Å². The number of H-pyrrole nitrogens is 1. The van der Waals surface area contributed by atoms with Crippen LogP contribution in [0.2, 0.25) is 0 Å². The number of benzene rings is 1. The molecule has 0 unspecified atom stereocenters. The van der Waals surface area contributed by atoms with Gasteiger partial charge in [-0.05, 0) is 23.8 Å². The summed E-state index contributed by atoms with van der Waals surface area (Å²) in [6.45, 7) is 3.99. The van der Waals surface area contributed by atoms with Crippen LogP contribution < -0.4 is 10.3 Å². The number of fused-ring (bicyclic) bond motifs is 1. The van der Waals surface area contributed by atoms with Crippen LogP contribution in [0.3, 0.4) is 0 Å². The average molecular weight is 224 g/mol. The van der Waals surface area contributed by atoms with E-state index in [1.165, 1.54) is 0 Å². The number of anilines is 1. The van der Waals surface area contributed by atoms with Crippen molar-refractivity contribution < 1.29 is 4.57 Å². The summed E-state index contributed by atoms with van der Waals surface area (Å²) in [4.78, 5) is 3.19. The first-order valence-corrected chi connectivity index (χ1v) is 5.59. The van der Waals surface area contributed by atoms with Gasteiger partial charge in [0.15, 0.2) is 0 Å². The van der Waals surface area contributed by atoms with Crippen LogP contribution in [-0.4, -0.2) is 4.98 Å². The SMILES string of the molecule is C=C1C=CC=C([n+]2c(N)[nH]c3ccccc32)C1. The number of para-hydroxylation sites is 2. The summed E-state index contributed by atoms with van der Waals surface area (Å²) < 4.78 is 2.05. The average Bonchev–Trinajstić information content (AvgIpc) is 2.64. The number of nitrogens with one attached hydrogen (secondary N) is 1. The van der Waals surface area contributed by atoms with Gasteiger partial charge < -0.3 is 0 Å². The Morgan fingerprint density at radius 3 is 2.94 bits per heavy atom. The maximum absolute atomic E-state index is 6.04. The fraction of sp³-hybridized carbons (Fsp3) is 0.0714. The largest absolute Gasteiger partial charge is 0.358 e. The van der Waals surface area contributed by atoms with Gasteiger partial charge in [-0.15, -0.1) is 0 Å². The highest BCUT2D eigenvalue weighted by molar-refractivity contribution is 5.74. The Kier molecular flexibility index (Phi) is 2.11. The van der Waals surface area contributed by atoms with Crippen LogP contribution in [0.4, 0.5) is 5.95 Å². The molecular weight excluding hydrogens is 210 g/mol. The van der Waals surface area contributed by atoms with Crippen LogP contribution in [-0.2, 0) is 0 Å². The Bertz CT molecular complexity index is 659. The molecule has 1 aliphatic carbocycles. The minimum atomic E-state index is 0.653. The van der Waals surface area contributed by atoms with Crippen molar-refractivity contribution in [3.8, 4) is 0 Å². The molecule has 3 nitrogen and oxygen atoms in total. The second kappa shape index (κ2) is 3.63. The van der Waals surface area contributed by atoms with E-state index in [1.807, 2.05) is 34.9 Å². The molecule has 1 aliphatic rings. The molecule has 0 radical (unpaired) electrons. The van der Waals surface area contributed by atoms with Gasteiger partial charge in [0.1, 0.15) is 11.0 Å². The highest BCUT2D eigenvalue weighted by Crippen LogP contribution is 2.20. The second-order valence-electron chi connectivity index (χ2n) is 4.21. The van der Waals surface area contributed by atoms with E-state index in [-0.39, 0.29) is 0 Å². The molecule has 0 bridgehead atoms. The Hall–Kier alpha value is -2.29. The zero-order valence-electron chi connectivity index (χ0n) is 9.48. The minimum Gasteiger partial charge on any atom is -0.290 e. The second-order valence-corrected chi connectivity index (χ2v) is 4.21. The van der Waals surface area contributed by atoms with Crippen LogP contribution in [0.5, 0.6) is 0 Å². The number of aromatic amines is 1. The maximum Gasteiger partial charge on any atom is 0.358 e. The fourth-order valence-corrected chi connectivity index (χ4v) is 2.21. The Labute approximate surface area is 99.6 Å². The lowest BCUT2D eigenvalue weighted by Gasteiger charge is -2.09. The highest BCUT2D eigenvalue weighted by Gasteiger charge is 2.18. The van der Waals surface area contributed by atoms with Crippen LogP contribution in [0, 0.1) is 0 Å². The summed E-state index contributed by atoms with van der Waals surface area (Å²) >= 11 is 0. The van der Waals surface area contributed by atoms with Crippen LogP contribution in [0.15, 0.2) is 54.6 Å². The third-order valence-corrected chi connectivity index (χ3v) is 2.96. The fourth-order valence-electron chi connectivity index (χ4n) is 2.21. The molecule has 1 aromatic heterocycles. The quantitative estimate of drug-likeness (QED) is 0.718. The van der Waals surface area contributed by atoms with Gasteiger partial charge in [0.05, 0.1) is 5.70 Å². The van der Waals surface area contributed by atoms with E-state index in [9.17, 15) is 0 Å². The summed E-state index contributed by atoms with van der Waals surface area (Å²) in [5.41, 5.74) is 10.4. The number of nitrogens with zero attached hydrogens (tertiary/aromatic N) is 1. The molecule has 17 heavy (non-hydrogen) atoms. The van der Waals surface area contributed by atoms with Crippen molar-refractivity contribution in [2.45, 2.75) is 6.42 Å².